The van der Waals surface area contributed by atoms with Gasteiger partial charge in [0.15, 0.2) is 0 Å². The van der Waals surface area contributed by atoms with E-state index in [9.17, 15) is 0 Å². The average molecular weight is 297 g/mol. The molecule has 2 rings (SSSR count). The Balaban J connectivity index is 1.84. The zero-order valence-electron chi connectivity index (χ0n) is 10.5. The van der Waals surface area contributed by atoms with E-state index in [1.54, 1.807) is 0 Å². The van der Waals surface area contributed by atoms with Gasteiger partial charge in [0, 0.05) is 11.0 Å². The van der Waals surface area contributed by atoms with Crippen molar-refractivity contribution in [2.24, 2.45) is 5.92 Å². The van der Waals surface area contributed by atoms with E-state index in [1.807, 2.05) is 7.05 Å². The van der Waals surface area contributed by atoms with E-state index >= 15 is 0 Å². The fourth-order valence-electron chi connectivity index (χ4n) is 2.50. The lowest BCUT2D eigenvalue weighted by molar-refractivity contribution is 0.176. The van der Waals surface area contributed by atoms with Crippen LogP contribution in [0.2, 0.25) is 0 Å². The van der Waals surface area contributed by atoms with Crippen molar-refractivity contribution in [3.63, 3.8) is 0 Å². The van der Waals surface area contributed by atoms with Crippen LogP contribution in [-0.2, 0) is 6.54 Å². The molecule has 17 heavy (non-hydrogen) atoms. The summed E-state index contributed by atoms with van der Waals surface area (Å²) in [6, 6.07) is 8.54. The monoisotopic (exact) mass is 296 g/mol. The summed E-state index contributed by atoms with van der Waals surface area (Å²) in [7, 11) is 2.05. The first-order valence-electron chi connectivity index (χ1n) is 6.40. The standard InChI is InChI=1S/C14H21BrN2/c1-16-10-12-6-8-17(9-7-12)11-13-4-2-3-5-14(13)15/h2-5,12,16H,6-11H2,1H3. The molecule has 94 valence electrons. The van der Waals surface area contributed by atoms with Gasteiger partial charge >= 0.3 is 0 Å². The summed E-state index contributed by atoms with van der Waals surface area (Å²) in [5.74, 6) is 0.871. The van der Waals surface area contributed by atoms with E-state index in [0.29, 0.717) is 0 Å². The number of rotatable bonds is 4. The van der Waals surface area contributed by atoms with Crippen LogP contribution in [0.1, 0.15) is 18.4 Å². The Bertz CT molecular complexity index is 346. The Labute approximate surface area is 113 Å². The van der Waals surface area contributed by atoms with Gasteiger partial charge in [-0.15, -0.1) is 0 Å². The van der Waals surface area contributed by atoms with Gasteiger partial charge in [0.2, 0.25) is 0 Å². The van der Waals surface area contributed by atoms with Crippen molar-refractivity contribution in [3.05, 3.63) is 34.3 Å². The molecule has 0 aliphatic carbocycles. The first kappa shape index (κ1) is 13.1. The predicted octanol–water partition coefficient (Wildman–Crippen LogP) is 2.88. The van der Waals surface area contributed by atoms with E-state index in [-0.39, 0.29) is 0 Å². The number of benzene rings is 1. The Morgan fingerprint density at radius 1 is 1.29 bits per heavy atom. The fourth-order valence-corrected chi connectivity index (χ4v) is 2.92. The maximum absolute atomic E-state index is 3.62. The molecule has 2 nitrogen and oxygen atoms in total. The molecule has 0 aromatic heterocycles. The summed E-state index contributed by atoms with van der Waals surface area (Å²) >= 11 is 3.62. The van der Waals surface area contributed by atoms with Crippen molar-refractivity contribution in [1.29, 1.82) is 0 Å². The minimum atomic E-state index is 0.871. The summed E-state index contributed by atoms with van der Waals surface area (Å²) in [5, 5.41) is 3.29. The van der Waals surface area contributed by atoms with E-state index in [1.165, 1.54) is 42.5 Å². The second-order valence-electron chi connectivity index (χ2n) is 4.87. The van der Waals surface area contributed by atoms with Crippen molar-refractivity contribution in [2.45, 2.75) is 19.4 Å². The number of nitrogens with zero attached hydrogens (tertiary/aromatic N) is 1. The molecule has 1 aromatic carbocycles. The highest BCUT2D eigenvalue weighted by Gasteiger charge is 2.18. The second-order valence-corrected chi connectivity index (χ2v) is 5.72. The predicted molar refractivity (Wildman–Crippen MR) is 76.1 cm³/mol. The molecule has 1 aliphatic rings. The van der Waals surface area contributed by atoms with Gasteiger partial charge in [-0.05, 0) is 57.1 Å². The molecule has 1 saturated heterocycles. The van der Waals surface area contributed by atoms with E-state index < -0.39 is 0 Å². The van der Waals surface area contributed by atoms with Crippen LogP contribution in [0.5, 0.6) is 0 Å². The minimum Gasteiger partial charge on any atom is -0.319 e. The first-order valence-corrected chi connectivity index (χ1v) is 7.19. The van der Waals surface area contributed by atoms with Crippen molar-refractivity contribution in [2.75, 3.05) is 26.7 Å². The maximum atomic E-state index is 3.62. The summed E-state index contributed by atoms with van der Waals surface area (Å²) in [5.41, 5.74) is 1.40. The third-order valence-electron chi connectivity index (χ3n) is 3.55. The summed E-state index contributed by atoms with van der Waals surface area (Å²) in [6.45, 7) is 4.71. The van der Waals surface area contributed by atoms with Gasteiger partial charge in [-0.2, -0.15) is 0 Å². The SMILES string of the molecule is CNCC1CCN(Cc2ccccc2Br)CC1. The minimum absolute atomic E-state index is 0.871. The van der Waals surface area contributed by atoms with Crippen LogP contribution < -0.4 is 5.32 Å². The van der Waals surface area contributed by atoms with Gasteiger partial charge in [-0.1, -0.05) is 34.1 Å². The van der Waals surface area contributed by atoms with Gasteiger partial charge in [0.05, 0.1) is 0 Å². The lowest BCUT2D eigenvalue weighted by Gasteiger charge is -2.32. The van der Waals surface area contributed by atoms with Crippen LogP contribution in [0.25, 0.3) is 0 Å². The summed E-state index contributed by atoms with van der Waals surface area (Å²) in [4.78, 5) is 2.56. The van der Waals surface area contributed by atoms with E-state index in [4.69, 9.17) is 0 Å². The molecule has 0 radical (unpaired) electrons. The van der Waals surface area contributed by atoms with Gasteiger partial charge in [0.25, 0.3) is 0 Å². The Morgan fingerprint density at radius 3 is 2.65 bits per heavy atom. The van der Waals surface area contributed by atoms with Crippen LogP contribution in [0, 0.1) is 5.92 Å². The van der Waals surface area contributed by atoms with Gasteiger partial charge in [-0.3, -0.25) is 4.90 Å². The fraction of sp³-hybridized carbons (Fsp3) is 0.571. The number of likely N-dealkylation sites (tertiary alicyclic amines) is 1. The number of nitrogens with one attached hydrogen (secondary N) is 1. The molecule has 0 spiro atoms. The third kappa shape index (κ3) is 3.80. The molecule has 0 amide bonds. The molecule has 1 aliphatic heterocycles. The lowest BCUT2D eigenvalue weighted by Crippen LogP contribution is -2.36. The van der Waals surface area contributed by atoms with Crippen molar-refractivity contribution >= 4 is 15.9 Å². The lowest BCUT2D eigenvalue weighted by atomic mass is 9.96. The molecule has 0 unspecified atom stereocenters. The van der Waals surface area contributed by atoms with Crippen molar-refractivity contribution in [3.8, 4) is 0 Å². The zero-order valence-corrected chi connectivity index (χ0v) is 12.0. The van der Waals surface area contributed by atoms with Gasteiger partial charge in [-0.25, -0.2) is 0 Å². The molecule has 0 bridgehead atoms. The van der Waals surface area contributed by atoms with Gasteiger partial charge < -0.3 is 5.32 Å². The molecule has 3 heteroatoms. The Morgan fingerprint density at radius 2 is 2.00 bits per heavy atom. The Hall–Kier alpha value is -0.380. The number of hydrogen-bond donors (Lipinski definition) is 1. The van der Waals surface area contributed by atoms with Crippen molar-refractivity contribution < 1.29 is 0 Å². The average Bonchev–Trinajstić information content (AvgIpc) is 2.35. The molecule has 0 atom stereocenters. The Kier molecular flexibility index (Phi) is 5.01. The van der Waals surface area contributed by atoms with Crippen molar-refractivity contribution in [1.82, 2.24) is 10.2 Å². The first-order chi connectivity index (χ1) is 8.29. The quantitative estimate of drug-likeness (QED) is 0.919. The molecule has 0 saturated carbocycles. The molecular formula is C14H21BrN2. The molecule has 1 N–H and O–H groups in total. The van der Waals surface area contributed by atoms with E-state index in [0.717, 1.165) is 12.5 Å². The maximum Gasteiger partial charge on any atom is 0.0244 e. The highest BCUT2D eigenvalue weighted by Crippen LogP contribution is 2.22. The molecular weight excluding hydrogens is 276 g/mol. The van der Waals surface area contributed by atoms with Crippen LogP contribution in [0.15, 0.2) is 28.7 Å². The molecule has 1 fully saturated rings. The highest BCUT2D eigenvalue weighted by atomic mass is 79.9. The summed E-state index contributed by atoms with van der Waals surface area (Å²) in [6.07, 6.45) is 2.65. The number of hydrogen-bond acceptors (Lipinski definition) is 2. The summed E-state index contributed by atoms with van der Waals surface area (Å²) < 4.78 is 1.23. The van der Waals surface area contributed by atoms with Crippen LogP contribution >= 0.6 is 15.9 Å². The molecule has 1 heterocycles. The largest absolute Gasteiger partial charge is 0.319 e. The third-order valence-corrected chi connectivity index (χ3v) is 4.33. The molecule has 1 aromatic rings. The zero-order chi connectivity index (χ0) is 12.1. The van der Waals surface area contributed by atoms with Crippen LogP contribution in [0.3, 0.4) is 0 Å². The van der Waals surface area contributed by atoms with Gasteiger partial charge in [0.1, 0.15) is 0 Å². The van der Waals surface area contributed by atoms with Crippen LogP contribution in [0.4, 0.5) is 0 Å². The number of halogens is 1. The smallest absolute Gasteiger partial charge is 0.0244 e. The topological polar surface area (TPSA) is 15.3 Å². The normalized spacial score (nSPS) is 18.5. The van der Waals surface area contributed by atoms with E-state index in [2.05, 4.69) is 50.4 Å². The second kappa shape index (κ2) is 6.53. The number of piperidine rings is 1. The van der Waals surface area contributed by atoms with Crippen LogP contribution in [-0.4, -0.2) is 31.6 Å². The highest BCUT2D eigenvalue weighted by molar-refractivity contribution is 9.10.